The minimum atomic E-state index is -0.875. The number of carboxylic acids is 1. The summed E-state index contributed by atoms with van der Waals surface area (Å²) in [5.74, 6) is -0.143. The van der Waals surface area contributed by atoms with Crippen molar-refractivity contribution in [1.82, 2.24) is 9.55 Å². The van der Waals surface area contributed by atoms with Crippen LogP contribution in [-0.4, -0.2) is 20.6 Å². The van der Waals surface area contributed by atoms with Crippen LogP contribution in [0.15, 0.2) is 36.7 Å². The molecule has 0 unspecified atom stereocenters. The van der Waals surface area contributed by atoms with Crippen LogP contribution in [0.1, 0.15) is 11.4 Å². The van der Waals surface area contributed by atoms with E-state index >= 15 is 0 Å². The Morgan fingerprint density at radius 2 is 2.06 bits per heavy atom. The maximum Gasteiger partial charge on any atom is 0.323 e. The molecule has 0 amide bonds. The number of halogens is 1. The summed E-state index contributed by atoms with van der Waals surface area (Å²) >= 11 is 5.80. The van der Waals surface area contributed by atoms with Crippen LogP contribution in [0.25, 0.3) is 0 Å². The lowest BCUT2D eigenvalue weighted by Gasteiger charge is -2.05. The molecular weight excluding hydrogens is 240 g/mol. The summed E-state index contributed by atoms with van der Waals surface area (Å²) in [5, 5.41) is 9.43. The number of carboxylic acid groups (broad SMARTS) is 1. The molecule has 4 nitrogen and oxygen atoms in total. The van der Waals surface area contributed by atoms with E-state index in [1.54, 1.807) is 29.1 Å². The van der Waals surface area contributed by atoms with E-state index in [2.05, 4.69) is 4.98 Å². The third-order valence-corrected chi connectivity index (χ3v) is 2.63. The molecule has 0 saturated carbocycles. The molecule has 0 atom stereocenters. The van der Waals surface area contributed by atoms with Gasteiger partial charge in [-0.2, -0.15) is 0 Å². The van der Waals surface area contributed by atoms with Crippen molar-refractivity contribution < 1.29 is 9.90 Å². The van der Waals surface area contributed by atoms with E-state index in [-0.39, 0.29) is 6.54 Å². The number of hydrogen-bond acceptors (Lipinski definition) is 2. The average Bonchev–Trinajstić information content (AvgIpc) is 2.68. The first-order chi connectivity index (χ1) is 8.15. The predicted octanol–water partition coefficient (Wildman–Crippen LogP) is 2.21. The Labute approximate surface area is 103 Å². The quantitative estimate of drug-likeness (QED) is 0.905. The van der Waals surface area contributed by atoms with Gasteiger partial charge >= 0.3 is 5.97 Å². The molecule has 2 aromatic rings. The Morgan fingerprint density at radius 3 is 2.71 bits per heavy atom. The molecule has 0 aliphatic carbocycles. The van der Waals surface area contributed by atoms with Gasteiger partial charge in [0.15, 0.2) is 0 Å². The summed E-state index contributed by atoms with van der Waals surface area (Å²) in [4.78, 5) is 14.8. The maximum absolute atomic E-state index is 10.6. The minimum Gasteiger partial charge on any atom is -0.480 e. The van der Waals surface area contributed by atoms with Crippen LogP contribution in [0.2, 0.25) is 5.02 Å². The fraction of sp³-hybridized carbons (Fsp3) is 0.167. The Hall–Kier alpha value is -1.81. The fourth-order valence-electron chi connectivity index (χ4n) is 1.58. The highest BCUT2D eigenvalue weighted by atomic mass is 35.5. The second kappa shape index (κ2) is 5.01. The van der Waals surface area contributed by atoms with Gasteiger partial charge in [0.25, 0.3) is 0 Å². The zero-order valence-electron chi connectivity index (χ0n) is 9.01. The lowest BCUT2D eigenvalue weighted by molar-refractivity contribution is -0.137. The Balaban J connectivity index is 2.15. The highest BCUT2D eigenvalue weighted by Crippen LogP contribution is 2.12. The van der Waals surface area contributed by atoms with E-state index in [1.807, 2.05) is 12.1 Å². The zero-order valence-corrected chi connectivity index (χ0v) is 9.76. The van der Waals surface area contributed by atoms with Crippen molar-refractivity contribution in [3.05, 3.63) is 53.1 Å². The van der Waals surface area contributed by atoms with Crippen molar-refractivity contribution in [2.45, 2.75) is 13.0 Å². The molecule has 0 spiro atoms. The molecule has 17 heavy (non-hydrogen) atoms. The number of hydrogen-bond donors (Lipinski definition) is 1. The molecule has 2 rings (SSSR count). The first-order valence-corrected chi connectivity index (χ1v) is 5.49. The number of rotatable bonds is 4. The maximum atomic E-state index is 10.6. The lowest BCUT2D eigenvalue weighted by Crippen LogP contribution is -2.11. The summed E-state index contributed by atoms with van der Waals surface area (Å²) in [5.41, 5.74) is 1.05. The molecule has 88 valence electrons. The molecule has 0 radical (unpaired) electrons. The largest absolute Gasteiger partial charge is 0.480 e. The van der Waals surface area contributed by atoms with Crippen LogP contribution in [-0.2, 0) is 17.8 Å². The number of carbonyl (C=O) groups is 1. The third-order valence-electron chi connectivity index (χ3n) is 2.38. The van der Waals surface area contributed by atoms with Crippen LogP contribution in [0.3, 0.4) is 0 Å². The van der Waals surface area contributed by atoms with E-state index in [4.69, 9.17) is 16.7 Å². The second-order valence-electron chi connectivity index (χ2n) is 3.67. The molecule has 1 heterocycles. The van der Waals surface area contributed by atoms with E-state index < -0.39 is 5.97 Å². The van der Waals surface area contributed by atoms with Gasteiger partial charge in [0.2, 0.25) is 0 Å². The highest BCUT2D eigenvalue weighted by Gasteiger charge is 2.07. The van der Waals surface area contributed by atoms with Crippen molar-refractivity contribution in [1.29, 1.82) is 0 Å². The molecule has 0 aliphatic heterocycles. The zero-order chi connectivity index (χ0) is 12.3. The van der Waals surface area contributed by atoms with Gasteiger partial charge in [-0.05, 0) is 17.7 Å². The first kappa shape index (κ1) is 11.7. The van der Waals surface area contributed by atoms with Crippen molar-refractivity contribution in [2.24, 2.45) is 0 Å². The van der Waals surface area contributed by atoms with Crippen LogP contribution < -0.4 is 0 Å². The van der Waals surface area contributed by atoms with Gasteiger partial charge in [-0.15, -0.1) is 0 Å². The molecule has 0 aliphatic rings. The fourth-order valence-corrected chi connectivity index (χ4v) is 1.71. The summed E-state index contributed by atoms with van der Waals surface area (Å²) in [7, 11) is 0. The van der Waals surface area contributed by atoms with Gasteiger partial charge < -0.3 is 9.67 Å². The van der Waals surface area contributed by atoms with E-state index in [1.165, 1.54) is 0 Å². The van der Waals surface area contributed by atoms with Gasteiger partial charge in [-0.1, -0.05) is 23.7 Å². The van der Waals surface area contributed by atoms with Crippen molar-refractivity contribution in [3.8, 4) is 0 Å². The van der Waals surface area contributed by atoms with E-state index in [0.717, 1.165) is 11.4 Å². The van der Waals surface area contributed by atoms with Crippen molar-refractivity contribution in [2.75, 3.05) is 0 Å². The summed E-state index contributed by atoms with van der Waals surface area (Å²) < 4.78 is 1.62. The number of nitrogens with zero attached hydrogens (tertiary/aromatic N) is 2. The molecular formula is C12H11ClN2O2. The first-order valence-electron chi connectivity index (χ1n) is 5.11. The van der Waals surface area contributed by atoms with Gasteiger partial charge in [0.05, 0.1) is 0 Å². The second-order valence-corrected chi connectivity index (χ2v) is 4.10. The SMILES string of the molecule is O=C(O)Cn1ccnc1Cc1ccc(Cl)cc1. The smallest absolute Gasteiger partial charge is 0.323 e. The Kier molecular flexibility index (Phi) is 3.44. The minimum absolute atomic E-state index is 0.0665. The number of benzene rings is 1. The molecule has 5 heteroatoms. The van der Waals surface area contributed by atoms with E-state index in [0.29, 0.717) is 11.4 Å². The highest BCUT2D eigenvalue weighted by molar-refractivity contribution is 6.30. The topological polar surface area (TPSA) is 55.1 Å². The molecule has 0 saturated heterocycles. The Morgan fingerprint density at radius 1 is 1.35 bits per heavy atom. The van der Waals surface area contributed by atoms with Crippen LogP contribution >= 0.6 is 11.6 Å². The summed E-state index contributed by atoms with van der Waals surface area (Å²) in [6, 6.07) is 7.42. The summed E-state index contributed by atoms with van der Waals surface area (Å²) in [6.07, 6.45) is 3.87. The molecule has 1 N–H and O–H groups in total. The van der Waals surface area contributed by atoms with E-state index in [9.17, 15) is 4.79 Å². The number of aromatic nitrogens is 2. The summed E-state index contributed by atoms with van der Waals surface area (Å²) in [6.45, 7) is -0.0665. The molecule has 0 bridgehead atoms. The van der Waals surface area contributed by atoms with Gasteiger partial charge in [0.1, 0.15) is 12.4 Å². The monoisotopic (exact) mass is 250 g/mol. The predicted molar refractivity (Wildman–Crippen MR) is 64.1 cm³/mol. The van der Waals surface area contributed by atoms with Crippen molar-refractivity contribution >= 4 is 17.6 Å². The van der Waals surface area contributed by atoms with Gasteiger partial charge in [-0.3, -0.25) is 4.79 Å². The molecule has 1 aromatic heterocycles. The van der Waals surface area contributed by atoms with Crippen LogP contribution in [0, 0.1) is 0 Å². The van der Waals surface area contributed by atoms with Gasteiger partial charge in [-0.25, -0.2) is 4.98 Å². The molecule has 0 fully saturated rings. The normalized spacial score (nSPS) is 10.4. The lowest BCUT2D eigenvalue weighted by atomic mass is 10.1. The van der Waals surface area contributed by atoms with Crippen LogP contribution in [0.4, 0.5) is 0 Å². The van der Waals surface area contributed by atoms with Crippen molar-refractivity contribution in [3.63, 3.8) is 0 Å². The number of aliphatic carboxylic acids is 1. The number of imidazole rings is 1. The average molecular weight is 251 g/mol. The standard InChI is InChI=1S/C12H11ClN2O2/c13-10-3-1-9(2-4-10)7-11-14-5-6-15(11)8-12(16)17/h1-6H,7-8H2,(H,16,17). The third kappa shape index (κ3) is 3.07. The molecule has 1 aromatic carbocycles. The Bertz CT molecular complexity index is 520. The van der Waals surface area contributed by atoms with Gasteiger partial charge in [0, 0.05) is 23.8 Å². The van der Waals surface area contributed by atoms with Crippen LogP contribution in [0.5, 0.6) is 0 Å².